The molecule has 0 fully saturated rings. The van der Waals surface area contributed by atoms with Crippen molar-refractivity contribution in [3.63, 3.8) is 0 Å². The average Bonchev–Trinajstić information content (AvgIpc) is 2.35. The number of anilines is 1. The van der Waals surface area contributed by atoms with Crippen molar-refractivity contribution in [2.75, 3.05) is 23.7 Å². The minimum absolute atomic E-state index is 0.130. The Hall–Kier alpha value is -1.08. The maximum atomic E-state index is 11.8. The molecular weight excluding hydrogens is 344 g/mol. The number of rotatable bonds is 7. The molecule has 0 unspecified atom stereocenters. The number of nitrogens with zero attached hydrogens (tertiary/aromatic N) is 1. The van der Waals surface area contributed by atoms with Gasteiger partial charge in [-0.3, -0.25) is 9.10 Å². The van der Waals surface area contributed by atoms with E-state index in [2.05, 4.69) is 21.2 Å². The van der Waals surface area contributed by atoms with Gasteiger partial charge in [0.1, 0.15) is 0 Å². The lowest BCUT2D eigenvalue weighted by atomic mass is 10.3. The van der Waals surface area contributed by atoms with Gasteiger partial charge in [0.15, 0.2) is 0 Å². The Kier molecular flexibility index (Phi) is 6.48. The Morgan fingerprint density at radius 1 is 1.40 bits per heavy atom. The van der Waals surface area contributed by atoms with Crippen LogP contribution in [0.5, 0.6) is 0 Å². The molecule has 1 rings (SSSR count). The summed E-state index contributed by atoms with van der Waals surface area (Å²) in [6, 6.07) is 6.99. The lowest BCUT2D eigenvalue weighted by Gasteiger charge is -2.22. The molecule has 0 aliphatic carbocycles. The van der Waals surface area contributed by atoms with Crippen LogP contribution in [0, 0.1) is 0 Å². The molecule has 0 heterocycles. The van der Waals surface area contributed by atoms with Gasteiger partial charge in [-0.25, -0.2) is 8.42 Å². The Labute approximate surface area is 128 Å². The number of carbonyl (C=O) groups is 1. The number of sulfonamides is 1. The van der Waals surface area contributed by atoms with Crippen molar-refractivity contribution in [1.82, 2.24) is 5.32 Å². The molecule has 1 aromatic carbocycles. The van der Waals surface area contributed by atoms with E-state index in [1.165, 1.54) is 4.31 Å². The van der Waals surface area contributed by atoms with Crippen LogP contribution in [0.2, 0.25) is 0 Å². The molecule has 1 aromatic rings. The molecule has 0 spiro atoms. The van der Waals surface area contributed by atoms with Gasteiger partial charge >= 0.3 is 0 Å². The van der Waals surface area contributed by atoms with Crippen molar-refractivity contribution in [2.45, 2.75) is 19.8 Å². The van der Waals surface area contributed by atoms with E-state index in [1.807, 2.05) is 13.0 Å². The van der Waals surface area contributed by atoms with Crippen LogP contribution in [0.3, 0.4) is 0 Å². The van der Waals surface area contributed by atoms with Gasteiger partial charge in [-0.1, -0.05) is 28.9 Å². The molecule has 0 radical (unpaired) electrons. The zero-order chi connectivity index (χ0) is 15.2. The van der Waals surface area contributed by atoms with Crippen molar-refractivity contribution in [3.05, 3.63) is 28.7 Å². The summed E-state index contributed by atoms with van der Waals surface area (Å²) in [7, 11) is -3.42. The first-order valence-corrected chi connectivity index (χ1v) is 8.98. The minimum Gasteiger partial charge on any atom is -0.356 e. The molecule has 20 heavy (non-hydrogen) atoms. The average molecular weight is 363 g/mol. The third-order valence-electron chi connectivity index (χ3n) is 2.61. The molecule has 1 N–H and O–H groups in total. The highest BCUT2D eigenvalue weighted by Gasteiger charge is 2.18. The summed E-state index contributed by atoms with van der Waals surface area (Å²) < 4.78 is 25.7. The fraction of sp³-hybridized carbons (Fsp3) is 0.462. The van der Waals surface area contributed by atoms with Crippen LogP contribution in [0.15, 0.2) is 28.7 Å². The van der Waals surface area contributed by atoms with Gasteiger partial charge < -0.3 is 5.32 Å². The summed E-state index contributed by atoms with van der Waals surface area (Å²) in [5.41, 5.74) is 0.546. The van der Waals surface area contributed by atoms with Gasteiger partial charge in [0.2, 0.25) is 15.9 Å². The van der Waals surface area contributed by atoms with Crippen molar-refractivity contribution in [2.24, 2.45) is 0 Å². The third-order valence-corrected chi connectivity index (χ3v) is 4.30. The van der Waals surface area contributed by atoms with Gasteiger partial charge in [-0.2, -0.15) is 0 Å². The van der Waals surface area contributed by atoms with Crippen LogP contribution >= 0.6 is 15.9 Å². The molecule has 0 bridgehead atoms. The quantitative estimate of drug-likeness (QED) is 0.807. The number of nitrogens with one attached hydrogen (secondary N) is 1. The molecule has 0 atom stereocenters. The second kappa shape index (κ2) is 7.64. The van der Waals surface area contributed by atoms with Gasteiger partial charge in [0.25, 0.3) is 0 Å². The number of hydrogen-bond acceptors (Lipinski definition) is 3. The number of hydrogen-bond donors (Lipinski definition) is 1. The predicted molar refractivity (Wildman–Crippen MR) is 84.2 cm³/mol. The lowest BCUT2D eigenvalue weighted by molar-refractivity contribution is -0.120. The van der Waals surface area contributed by atoms with Crippen molar-refractivity contribution in [1.29, 1.82) is 0 Å². The highest BCUT2D eigenvalue weighted by atomic mass is 79.9. The molecule has 0 aromatic heterocycles. The molecule has 0 saturated carbocycles. The lowest BCUT2D eigenvalue weighted by Crippen LogP contribution is -2.34. The van der Waals surface area contributed by atoms with E-state index in [0.717, 1.165) is 17.1 Å². The van der Waals surface area contributed by atoms with E-state index in [-0.39, 0.29) is 18.9 Å². The van der Waals surface area contributed by atoms with E-state index in [0.29, 0.717) is 12.2 Å². The molecular formula is C13H19BrN2O3S. The molecule has 1 amide bonds. The summed E-state index contributed by atoms with van der Waals surface area (Å²) in [5, 5.41) is 2.73. The van der Waals surface area contributed by atoms with E-state index in [4.69, 9.17) is 0 Å². The van der Waals surface area contributed by atoms with Gasteiger partial charge in [-0.15, -0.1) is 0 Å². The summed E-state index contributed by atoms with van der Waals surface area (Å²) >= 11 is 3.31. The molecule has 0 aliphatic rings. The summed E-state index contributed by atoms with van der Waals surface area (Å²) in [6.45, 7) is 2.70. The first kappa shape index (κ1) is 17.0. The zero-order valence-electron chi connectivity index (χ0n) is 11.6. The van der Waals surface area contributed by atoms with Crippen molar-refractivity contribution < 1.29 is 13.2 Å². The van der Waals surface area contributed by atoms with Crippen LogP contribution in [0.1, 0.15) is 19.8 Å². The maximum Gasteiger partial charge on any atom is 0.232 e. The number of carbonyl (C=O) groups excluding carboxylic acids is 1. The first-order valence-electron chi connectivity index (χ1n) is 6.34. The Morgan fingerprint density at radius 3 is 2.65 bits per heavy atom. The molecule has 0 saturated heterocycles. The maximum absolute atomic E-state index is 11.8. The van der Waals surface area contributed by atoms with Crippen LogP contribution < -0.4 is 9.62 Å². The number of amides is 1. The minimum atomic E-state index is -3.42. The highest BCUT2D eigenvalue weighted by molar-refractivity contribution is 9.10. The van der Waals surface area contributed by atoms with Crippen molar-refractivity contribution in [3.8, 4) is 0 Å². The van der Waals surface area contributed by atoms with Crippen LogP contribution in [0.4, 0.5) is 5.69 Å². The second-order valence-corrected chi connectivity index (χ2v) is 7.24. The summed E-state index contributed by atoms with van der Waals surface area (Å²) in [6.07, 6.45) is 2.13. The highest BCUT2D eigenvalue weighted by Crippen LogP contribution is 2.22. The Balaban J connectivity index is 2.80. The van der Waals surface area contributed by atoms with Gasteiger partial charge in [-0.05, 0) is 24.6 Å². The predicted octanol–water partition coefficient (Wildman–Crippen LogP) is 2.13. The molecule has 7 heteroatoms. The largest absolute Gasteiger partial charge is 0.356 e. The molecule has 112 valence electrons. The van der Waals surface area contributed by atoms with E-state index >= 15 is 0 Å². The topological polar surface area (TPSA) is 66.5 Å². The van der Waals surface area contributed by atoms with Crippen LogP contribution in [-0.4, -0.2) is 33.7 Å². The van der Waals surface area contributed by atoms with E-state index in [1.54, 1.807) is 18.2 Å². The summed E-state index contributed by atoms with van der Waals surface area (Å²) in [4.78, 5) is 11.6. The Bertz CT molecular complexity index is 560. The van der Waals surface area contributed by atoms with Crippen molar-refractivity contribution >= 4 is 37.5 Å². The SMILES string of the molecule is CCCNC(=O)CCN(c1cccc(Br)c1)S(C)(=O)=O. The fourth-order valence-corrected chi connectivity index (χ4v) is 2.98. The fourth-order valence-electron chi connectivity index (χ4n) is 1.67. The smallest absolute Gasteiger partial charge is 0.232 e. The van der Waals surface area contributed by atoms with E-state index < -0.39 is 10.0 Å². The zero-order valence-corrected chi connectivity index (χ0v) is 14.0. The van der Waals surface area contributed by atoms with Crippen LogP contribution in [0.25, 0.3) is 0 Å². The normalized spacial score (nSPS) is 11.2. The van der Waals surface area contributed by atoms with E-state index in [9.17, 15) is 13.2 Å². The number of halogens is 1. The van der Waals surface area contributed by atoms with Gasteiger partial charge in [0.05, 0.1) is 11.9 Å². The Morgan fingerprint density at radius 2 is 2.10 bits per heavy atom. The van der Waals surface area contributed by atoms with Crippen LogP contribution in [-0.2, 0) is 14.8 Å². The monoisotopic (exact) mass is 362 g/mol. The standard InChI is InChI=1S/C13H19BrN2O3S/c1-3-8-15-13(17)7-9-16(20(2,18)19)12-6-4-5-11(14)10-12/h4-6,10H,3,7-9H2,1-2H3,(H,15,17). The van der Waals surface area contributed by atoms with Gasteiger partial charge in [0, 0.05) is 24.0 Å². The molecule has 5 nitrogen and oxygen atoms in total. The number of benzene rings is 1. The first-order chi connectivity index (χ1) is 9.34. The second-order valence-electron chi connectivity index (χ2n) is 4.41. The third kappa shape index (κ3) is 5.50. The molecule has 0 aliphatic heterocycles. The summed E-state index contributed by atoms with van der Waals surface area (Å²) in [5.74, 6) is -0.143.